The van der Waals surface area contributed by atoms with Gasteiger partial charge in [-0.1, -0.05) is 12.7 Å². The summed E-state index contributed by atoms with van der Waals surface area (Å²) >= 11 is 0. The number of ether oxygens (including phenoxy) is 2. The average Bonchev–Trinajstić information content (AvgIpc) is 2.69. The molecular weight excluding hydrogens is 358 g/mol. The summed E-state index contributed by atoms with van der Waals surface area (Å²) in [6.07, 6.45) is 5.16. The minimum absolute atomic E-state index is 0.0786. The number of phenols is 2. The molecule has 6 nitrogen and oxygen atoms in total. The van der Waals surface area contributed by atoms with Crippen LogP contribution in [0, 0.1) is 0 Å². The first-order valence-electron chi connectivity index (χ1n) is 9.54. The van der Waals surface area contributed by atoms with Crippen LogP contribution in [0.5, 0.6) is 11.5 Å². The van der Waals surface area contributed by atoms with E-state index < -0.39 is 0 Å². The fourth-order valence-electron chi connectivity index (χ4n) is 3.11. The highest BCUT2D eigenvalue weighted by atomic mass is 16.5. The second-order valence-corrected chi connectivity index (χ2v) is 6.46. The first-order valence-corrected chi connectivity index (χ1v) is 9.54. The summed E-state index contributed by atoms with van der Waals surface area (Å²) in [6.45, 7) is 10.4. The predicted octanol–water partition coefficient (Wildman–Crippen LogP) is 3.77. The van der Waals surface area contributed by atoms with E-state index >= 15 is 0 Å². The van der Waals surface area contributed by atoms with Gasteiger partial charge in [0, 0.05) is 25.8 Å². The van der Waals surface area contributed by atoms with Gasteiger partial charge in [-0.15, -0.1) is 0 Å². The molecule has 0 atom stereocenters. The van der Waals surface area contributed by atoms with Crippen molar-refractivity contribution >= 4 is 5.91 Å². The van der Waals surface area contributed by atoms with Gasteiger partial charge in [-0.2, -0.15) is 0 Å². The third-order valence-corrected chi connectivity index (χ3v) is 4.59. The monoisotopic (exact) mass is 387 g/mol. The van der Waals surface area contributed by atoms with Crippen LogP contribution < -0.4 is 0 Å². The maximum Gasteiger partial charge on any atom is 0.257 e. The summed E-state index contributed by atoms with van der Waals surface area (Å²) in [5, 5.41) is 19.4. The molecule has 0 unspecified atom stereocenters. The Labute approximate surface area is 166 Å². The van der Waals surface area contributed by atoms with E-state index in [1.165, 1.54) is 18.2 Å². The Morgan fingerprint density at radius 3 is 2.71 bits per heavy atom. The number of allylic oxidation sites excluding steroid dienone is 2. The molecule has 0 aromatic heterocycles. The highest BCUT2D eigenvalue weighted by Crippen LogP contribution is 2.28. The van der Waals surface area contributed by atoms with Crippen LogP contribution in [0.15, 0.2) is 53.8 Å². The van der Waals surface area contributed by atoms with Crippen LogP contribution in [0.2, 0.25) is 0 Å². The predicted molar refractivity (Wildman–Crippen MR) is 108 cm³/mol. The largest absolute Gasteiger partial charge is 0.508 e. The van der Waals surface area contributed by atoms with Gasteiger partial charge in [-0.25, -0.2) is 0 Å². The molecule has 0 bridgehead atoms. The second-order valence-electron chi connectivity index (χ2n) is 6.46. The van der Waals surface area contributed by atoms with Gasteiger partial charge in [-0.05, 0) is 56.0 Å². The Balaban J connectivity index is 2.16. The summed E-state index contributed by atoms with van der Waals surface area (Å²) in [4.78, 5) is 14.5. The van der Waals surface area contributed by atoms with Crippen LogP contribution in [0.1, 0.15) is 37.0 Å². The number of phenolic OH excluding ortho intramolecular Hbond substituents is 2. The molecule has 0 spiro atoms. The summed E-state index contributed by atoms with van der Waals surface area (Å²) in [5.74, 6) is 0.215. The molecule has 1 aromatic carbocycles. The third-order valence-electron chi connectivity index (χ3n) is 4.59. The first kappa shape index (κ1) is 21.6. The van der Waals surface area contributed by atoms with Gasteiger partial charge >= 0.3 is 0 Å². The van der Waals surface area contributed by atoms with E-state index in [-0.39, 0.29) is 23.0 Å². The zero-order valence-electron chi connectivity index (χ0n) is 16.6. The number of carbonyl (C=O) groups excluding carboxylic acids is 1. The molecule has 1 heterocycles. The van der Waals surface area contributed by atoms with Crippen molar-refractivity contribution in [1.29, 1.82) is 0 Å². The summed E-state index contributed by atoms with van der Waals surface area (Å²) < 4.78 is 11.1. The van der Waals surface area contributed by atoms with Crippen molar-refractivity contribution in [2.75, 3.05) is 32.9 Å². The van der Waals surface area contributed by atoms with Crippen molar-refractivity contribution < 1.29 is 24.5 Å². The number of benzene rings is 1. The highest BCUT2D eigenvalue weighted by Gasteiger charge is 2.24. The van der Waals surface area contributed by atoms with Crippen molar-refractivity contribution in [3.8, 4) is 11.5 Å². The molecule has 6 heteroatoms. The Morgan fingerprint density at radius 2 is 2.07 bits per heavy atom. The molecule has 0 aliphatic carbocycles. The number of amides is 1. The van der Waals surface area contributed by atoms with Gasteiger partial charge in [0.2, 0.25) is 0 Å². The zero-order chi connectivity index (χ0) is 20.5. The number of hydrogen-bond donors (Lipinski definition) is 2. The molecule has 1 amide bonds. The molecule has 0 radical (unpaired) electrons. The Bertz CT molecular complexity index is 766. The van der Waals surface area contributed by atoms with E-state index in [1.54, 1.807) is 4.90 Å². The van der Waals surface area contributed by atoms with Gasteiger partial charge < -0.3 is 24.6 Å². The highest BCUT2D eigenvalue weighted by molar-refractivity contribution is 5.97. The lowest BCUT2D eigenvalue weighted by atomic mass is 9.96. The summed E-state index contributed by atoms with van der Waals surface area (Å²) in [6, 6.07) is 4.01. The molecule has 152 valence electrons. The first-order chi connectivity index (χ1) is 13.5. The normalized spacial score (nSPS) is 14.9. The minimum Gasteiger partial charge on any atom is -0.508 e. The van der Waals surface area contributed by atoms with Crippen LogP contribution in [0.25, 0.3) is 0 Å². The number of aromatic hydroxyl groups is 2. The minimum atomic E-state index is -0.263. The molecule has 2 rings (SSSR count). The van der Waals surface area contributed by atoms with Crippen LogP contribution in [0.4, 0.5) is 0 Å². The standard InChI is InChI=1S/C22H29NO5/c1-4-16-11-12-23(22(26)20-10-8-18(24)13-21(20)25)14-17(16)7-9-19(28-6-3)15-27-5-2/h4,8-10,13,24-25H,1,5-7,11-12,14-15H2,2-3H3/b19-9+. The number of hydrogen-bond acceptors (Lipinski definition) is 5. The van der Waals surface area contributed by atoms with E-state index in [0.717, 1.165) is 16.9 Å². The van der Waals surface area contributed by atoms with Crippen LogP contribution in [0.3, 0.4) is 0 Å². The molecule has 28 heavy (non-hydrogen) atoms. The Kier molecular flexibility index (Phi) is 8.14. The van der Waals surface area contributed by atoms with Gasteiger partial charge in [-0.3, -0.25) is 4.79 Å². The average molecular weight is 387 g/mol. The van der Waals surface area contributed by atoms with Gasteiger partial charge in [0.05, 0.1) is 12.2 Å². The quantitative estimate of drug-likeness (QED) is 0.631. The van der Waals surface area contributed by atoms with Gasteiger partial charge in [0.25, 0.3) is 5.91 Å². The van der Waals surface area contributed by atoms with Crippen LogP contribution in [-0.2, 0) is 9.47 Å². The third kappa shape index (κ3) is 5.63. The molecular formula is C22H29NO5. The number of carbonyl (C=O) groups is 1. The van der Waals surface area contributed by atoms with E-state index in [4.69, 9.17) is 9.47 Å². The number of nitrogens with zero attached hydrogens (tertiary/aromatic N) is 1. The molecule has 0 saturated heterocycles. The fourth-order valence-corrected chi connectivity index (χ4v) is 3.11. The number of rotatable bonds is 9. The second kappa shape index (κ2) is 10.6. The molecule has 1 aliphatic rings. The van der Waals surface area contributed by atoms with E-state index in [1.807, 2.05) is 26.0 Å². The SMILES string of the molecule is C=CC1=C(C/C=C(\COCC)OCC)CN(C(=O)c2ccc(O)cc2O)CC1. The van der Waals surface area contributed by atoms with Gasteiger partial charge in [0.1, 0.15) is 23.9 Å². The van der Waals surface area contributed by atoms with Crippen LogP contribution in [-0.4, -0.2) is 53.9 Å². The van der Waals surface area contributed by atoms with Crippen molar-refractivity contribution in [1.82, 2.24) is 4.90 Å². The van der Waals surface area contributed by atoms with Crippen molar-refractivity contribution in [2.45, 2.75) is 26.7 Å². The lowest BCUT2D eigenvalue weighted by Crippen LogP contribution is -2.37. The summed E-state index contributed by atoms with van der Waals surface area (Å²) in [7, 11) is 0. The maximum absolute atomic E-state index is 12.8. The molecule has 0 saturated carbocycles. The molecule has 1 aromatic rings. The van der Waals surface area contributed by atoms with Crippen molar-refractivity contribution in [3.05, 3.63) is 59.4 Å². The van der Waals surface area contributed by atoms with Crippen LogP contribution >= 0.6 is 0 Å². The zero-order valence-corrected chi connectivity index (χ0v) is 16.6. The molecule has 0 fully saturated rings. The van der Waals surface area contributed by atoms with E-state index in [0.29, 0.717) is 45.8 Å². The fraction of sp³-hybridized carbons (Fsp3) is 0.409. The topological polar surface area (TPSA) is 79.2 Å². The molecule has 1 aliphatic heterocycles. The van der Waals surface area contributed by atoms with E-state index in [9.17, 15) is 15.0 Å². The Morgan fingerprint density at radius 1 is 1.29 bits per heavy atom. The lowest BCUT2D eigenvalue weighted by molar-refractivity contribution is 0.0760. The van der Waals surface area contributed by atoms with Gasteiger partial charge in [0.15, 0.2) is 0 Å². The summed E-state index contributed by atoms with van der Waals surface area (Å²) in [5.41, 5.74) is 2.39. The Hall–Kier alpha value is -2.73. The smallest absolute Gasteiger partial charge is 0.257 e. The molecule has 2 N–H and O–H groups in total. The van der Waals surface area contributed by atoms with E-state index in [2.05, 4.69) is 6.58 Å². The maximum atomic E-state index is 12.8. The van der Waals surface area contributed by atoms with Crippen molar-refractivity contribution in [2.24, 2.45) is 0 Å². The lowest BCUT2D eigenvalue weighted by Gasteiger charge is -2.30. The van der Waals surface area contributed by atoms with Crippen molar-refractivity contribution in [3.63, 3.8) is 0 Å².